The minimum absolute atomic E-state index is 0.112. The highest BCUT2D eigenvalue weighted by Crippen LogP contribution is 2.27. The van der Waals surface area contributed by atoms with Gasteiger partial charge in [-0.1, -0.05) is 76.1 Å². The van der Waals surface area contributed by atoms with Crippen LogP contribution in [-0.4, -0.2) is 50.0 Å². The van der Waals surface area contributed by atoms with Crippen molar-refractivity contribution in [3.8, 4) is 0 Å². The van der Waals surface area contributed by atoms with E-state index in [0.29, 0.717) is 16.3 Å². The molecule has 0 aliphatic carbocycles. The molecule has 2 amide bonds. The summed E-state index contributed by atoms with van der Waals surface area (Å²) in [6.07, 6.45) is 1.31. The molecular formula is C29H33BrClN3O4S. The number of rotatable bonds is 11. The Kier molecular flexibility index (Phi) is 10.6. The summed E-state index contributed by atoms with van der Waals surface area (Å²) in [5, 5.41) is 3.28. The van der Waals surface area contributed by atoms with E-state index in [0.717, 1.165) is 26.2 Å². The van der Waals surface area contributed by atoms with Gasteiger partial charge in [-0.05, 0) is 61.7 Å². The summed E-state index contributed by atoms with van der Waals surface area (Å²) < 4.78 is 27.8. The summed E-state index contributed by atoms with van der Waals surface area (Å²) in [6, 6.07) is 20.7. The van der Waals surface area contributed by atoms with Crippen LogP contribution in [0.1, 0.15) is 30.5 Å². The van der Waals surface area contributed by atoms with Gasteiger partial charge < -0.3 is 10.2 Å². The molecular weight excluding hydrogens is 602 g/mol. The molecule has 0 bridgehead atoms. The van der Waals surface area contributed by atoms with Crippen molar-refractivity contribution in [3.63, 3.8) is 0 Å². The van der Waals surface area contributed by atoms with Crippen molar-refractivity contribution in [2.24, 2.45) is 0 Å². The molecule has 3 rings (SSSR count). The Morgan fingerprint density at radius 1 is 0.974 bits per heavy atom. The fraction of sp³-hybridized carbons (Fsp3) is 0.310. The van der Waals surface area contributed by atoms with Gasteiger partial charge in [-0.25, -0.2) is 8.42 Å². The lowest BCUT2D eigenvalue weighted by molar-refractivity contribution is -0.140. The van der Waals surface area contributed by atoms with Gasteiger partial charge in [0.1, 0.15) is 12.6 Å². The van der Waals surface area contributed by atoms with Crippen LogP contribution in [0.2, 0.25) is 5.02 Å². The molecule has 0 fully saturated rings. The summed E-state index contributed by atoms with van der Waals surface area (Å²) in [5.74, 6) is -0.827. The van der Waals surface area contributed by atoms with Crippen LogP contribution in [0.25, 0.3) is 0 Å². The maximum Gasteiger partial charge on any atom is 0.244 e. The molecule has 39 heavy (non-hydrogen) atoms. The second kappa shape index (κ2) is 13.5. The zero-order chi connectivity index (χ0) is 28.7. The SMILES string of the molecule is Cc1ccc(Cl)cc1N(CC(=O)N(Cc1ccc(Br)cc1)C(Cc1ccccc1)C(=O)NC(C)C)S(C)(=O)=O. The molecule has 208 valence electrons. The third-order valence-electron chi connectivity index (χ3n) is 6.09. The Labute approximate surface area is 244 Å². The fourth-order valence-electron chi connectivity index (χ4n) is 4.17. The van der Waals surface area contributed by atoms with Gasteiger partial charge in [0, 0.05) is 28.5 Å². The molecule has 0 aliphatic rings. The summed E-state index contributed by atoms with van der Waals surface area (Å²) in [5.41, 5.74) is 2.64. The number of sulfonamides is 1. The third-order valence-corrected chi connectivity index (χ3v) is 7.98. The van der Waals surface area contributed by atoms with E-state index >= 15 is 0 Å². The number of nitrogens with one attached hydrogen (secondary N) is 1. The Morgan fingerprint density at radius 3 is 2.21 bits per heavy atom. The Hall–Kier alpha value is -2.88. The number of anilines is 1. The minimum Gasteiger partial charge on any atom is -0.352 e. The van der Waals surface area contributed by atoms with Crippen molar-refractivity contribution in [2.75, 3.05) is 17.1 Å². The summed E-state index contributed by atoms with van der Waals surface area (Å²) in [7, 11) is -3.87. The van der Waals surface area contributed by atoms with Gasteiger partial charge in [0.05, 0.1) is 11.9 Å². The molecule has 3 aromatic carbocycles. The van der Waals surface area contributed by atoms with E-state index in [9.17, 15) is 18.0 Å². The minimum atomic E-state index is -3.87. The Balaban J connectivity index is 2.07. The summed E-state index contributed by atoms with van der Waals surface area (Å²) in [6.45, 7) is 5.08. The lowest BCUT2D eigenvalue weighted by atomic mass is 10.0. The number of halogens is 2. The molecule has 1 atom stereocenters. The first-order chi connectivity index (χ1) is 18.3. The van der Waals surface area contributed by atoms with Gasteiger partial charge in [-0.2, -0.15) is 0 Å². The average molecular weight is 635 g/mol. The van der Waals surface area contributed by atoms with E-state index in [4.69, 9.17) is 11.6 Å². The smallest absolute Gasteiger partial charge is 0.244 e. The van der Waals surface area contributed by atoms with Crippen LogP contribution in [0.4, 0.5) is 5.69 Å². The zero-order valence-electron chi connectivity index (χ0n) is 22.4. The molecule has 0 heterocycles. The van der Waals surface area contributed by atoms with Gasteiger partial charge in [-0.15, -0.1) is 0 Å². The number of hydrogen-bond donors (Lipinski definition) is 1. The largest absolute Gasteiger partial charge is 0.352 e. The lowest BCUT2D eigenvalue weighted by Crippen LogP contribution is -2.54. The van der Waals surface area contributed by atoms with Crippen LogP contribution in [0.5, 0.6) is 0 Å². The van der Waals surface area contributed by atoms with Crippen LogP contribution in [0.3, 0.4) is 0 Å². The van der Waals surface area contributed by atoms with E-state index in [1.165, 1.54) is 11.0 Å². The second-order valence-electron chi connectivity index (χ2n) is 9.72. The second-order valence-corrected chi connectivity index (χ2v) is 13.0. The van der Waals surface area contributed by atoms with Gasteiger partial charge in [-0.3, -0.25) is 13.9 Å². The van der Waals surface area contributed by atoms with Crippen LogP contribution >= 0.6 is 27.5 Å². The van der Waals surface area contributed by atoms with E-state index in [-0.39, 0.29) is 24.9 Å². The van der Waals surface area contributed by atoms with E-state index in [2.05, 4.69) is 21.2 Å². The van der Waals surface area contributed by atoms with Crippen molar-refractivity contribution < 1.29 is 18.0 Å². The van der Waals surface area contributed by atoms with Gasteiger partial charge >= 0.3 is 0 Å². The van der Waals surface area contributed by atoms with Crippen LogP contribution in [-0.2, 0) is 32.6 Å². The Morgan fingerprint density at radius 2 is 1.62 bits per heavy atom. The first kappa shape index (κ1) is 30.7. The molecule has 1 unspecified atom stereocenters. The predicted octanol–water partition coefficient (Wildman–Crippen LogP) is 5.34. The van der Waals surface area contributed by atoms with E-state index in [1.54, 1.807) is 19.1 Å². The standard InChI is InChI=1S/C29H33BrClN3O4S/c1-20(2)32-29(36)27(16-22-8-6-5-7-9-22)33(18-23-11-13-24(30)14-12-23)28(35)19-34(39(4,37)38)26-17-25(31)15-10-21(26)3/h5-15,17,20,27H,16,18-19H2,1-4H3,(H,32,36). The highest BCUT2D eigenvalue weighted by Gasteiger charge is 2.33. The predicted molar refractivity (Wildman–Crippen MR) is 160 cm³/mol. The molecule has 0 aromatic heterocycles. The maximum absolute atomic E-state index is 14.1. The zero-order valence-corrected chi connectivity index (χ0v) is 25.6. The van der Waals surface area contributed by atoms with Crippen LogP contribution < -0.4 is 9.62 Å². The highest BCUT2D eigenvalue weighted by molar-refractivity contribution is 9.10. The van der Waals surface area contributed by atoms with Crippen molar-refractivity contribution in [1.29, 1.82) is 0 Å². The fourth-order valence-corrected chi connectivity index (χ4v) is 5.50. The highest BCUT2D eigenvalue weighted by atomic mass is 79.9. The summed E-state index contributed by atoms with van der Waals surface area (Å²) >= 11 is 9.62. The topological polar surface area (TPSA) is 86.8 Å². The number of benzene rings is 3. The molecule has 0 spiro atoms. The number of aryl methyl sites for hydroxylation is 1. The molecule has 0 radical (unpaired) electrons. The maximum atomic E-state index is 14.1. The first-order valence-electron chi connectivity index (χ1n) is 12.5. The third kappa shape index (κ3) is 8.81. The number of nitrogens with zero attached hydrogens (tertiary/aromatic N) is 2. The molecule has 3 aromatic rings. The molecule has 0 saturated heterocycles. The van der Waals surface area contributed by atoms with Crippen molar-refractivity contribution in [2.45, 2.75) is 45.8 Å². The summed E-state index contributed by atoms with van der Waals surface area (Å²) in [4.78, 5) is 29.1. The number of carbonyl (C=O) groups excluding carboxylic acids is 2. The first-order valence-corrected chi connectivity index (χ1v) is 15.5. The quantitative estimate of drug-likeness (QED) is 0.309. The van der Waals surface area contributed by atoms with Crippen molar-refractivity contribution in [1.82, 2.24) is 10.2 Å². The van der Waals surface area contributed by atoms with Gasteiger partial charge in [0.15, 0.2) is 0 Å². The Bertz CT molecular complexity index is 1400. The number of carbonyl (C=O) groups is 2. The van der Waals surface area contributed by atoms with Gasteiger partial charge in [0.2, 0.25) is 21.8 Å². The monoisotopic (exact) mass is 633 g/mol. The van der Waals surface area contributed by atoms with Crippen LogP contribution in [0, 0.1) is 6.92 Å². The van der Waals surface area contributed by atoms with E-state index in [1.807, 2.05) is 68.4 Å². The van der Waals surface area contributed by atoms with E-state index < -0.39 is 28.5 Å². The average Bonchev–Trinajstić information content (AvgIpc) is 2.86. The number of hydrogen-bond acceptors (Lipinski definition) is 4. The van der Waals surface area contributed by atoms with Crippen molar-refractivity contribution in [3.05, 3.63) is 99.0 Å². The molecule has 1 N–H and O–H groups in total. The molecule has 0 saturated carbocycles. The van der Waals surface area contributed by atoms with Crippen molar-refractivity contribution >= 4 is 55.1 Å². The molecule has 0 aliphatic heterocycles. The lowest BCUT2D eigenvalue weighted by Gasteiger charge is -2.34. The van der Waals surface area contributed by atoms with Gasteiger partial charge in [0.25, 0.3) is 0 Å². The molecule has 7 nitrogen and oxygen atoms in total. The number of amides is 2. The normalized spacial score (nSPS) is 12.2. The molecule has 10 heteroatoms. The van der Waals surface area contributed by atoms with Crippen LogP contribution in [0.15, 0.2) is 77.3 Å².